The van der Waals surface area contributed by atoms with E-state index in [4.69, 9.17) is 0 Å². The molecular weight excluding hydrogens is 184 g/mol. The molecule has 0 aromatic heterocycles. The lowest BCUT2D eigenvalue weighted by molar-refractivity contribution is 0.302. The first kappa shape index (κ1) is 12.1. The van der Waals surface area contributed by atoms with Gasteiger partial charge in [0, 0.05) is 0 Å². The summed E-state index contributed by atoms with van der Waals surface area (Å²) >= 11 is 0. The normalized spacial score (nSPS) is 13.9. The van der Waals surface area contributed by atoms with Crippen LogP contribution in [0.25, 0.3) is 0 Å². The summed E-state index contributed by atoms with van der Waals surface area (Å²) in [6, 6.07) is 7.30. The third kappa shape index (κ3) is 3.26. The van der Waals surface area contributed by atoms with E-state index >= 15 is 0 Å². The molecule has 1 unspecified atom stereocenters. The van der Waals surface area contributed by atoms with E-state index in [1.807, 2.05) is 12.1 Å². The Bertz CT molecular complexity index is 292. The molecule has 0 amide bonds. The molecule has 1 nitrogen and oxygen atoms in total. The molecule has 0 saturated carbocycles. The summed E-state index contributed by atoms with van der Waals surface area (Å²) in [5.41, 5.74) is 1.56. The van der Waals surface area contributed by atoms with Crippen LogP contribution in [0.2, 0.25) is 0 Å². The first-order chi connectivity index (χ1) is 6.95. The summed E-state index contributed by atoms with van der Waals surface area (Å²) in [7, 11) is 0. The highest BCUT2D eigenvalue weighted by Crippen LogP contribution is 2.38. The van der Waals surface area contributed by atoms with Crippen molar-refractivity contribution in [3.05, 3.63) is 29.8 Å². The monoisotopic (exact) mass is 205 g/mol. The van der Waals surface area contributed by atoms with E-state index in [9.17, 15) is 5.11 Å². The van der Waals surface area contributed by atoms with Gasteiger partial charge >= 0.3 is 0 Å². The number of hydrogen-bond acceptors (Lipinski definition) is 0. The van der Waals surface area contributed by atoms with Gasteiger partial charge in [0.15, 0.2) is 5.75 Å². The van der Waals surface area contributed by atoms with Gasteiger partial charge in [-0.25, -0.2) is 0 Å². The van der Waals surface area contributed by atoms with Crippen molar-refractivity contribution in [3.8, 4) is 5.75 Å². The summed E-state index contributed by atoms with van der Waals surface area (Å²) in [5.74, 6) is 0.644. The van der Waals surface area contributed by atoms with Crippen LogP contribution in [0.3, 0.4) is 0 Å². The SMILES string of the molecule is CCCC(c1ccc([O])cc1)C(C)(C)C. The molecule has 0 bridgehead atoms. The Morgan fingerprint density at radius 1 is 1.13 bits per heavy atom. The fourth-order valence-corrected chi connectivity index (χ4v) is 2.09. The Balaban J connectivity index is 2.94. The van der Waals surface area contributed by atoms with E-state index in [1.165, 1.54) is 18.4 Å². The highest BCUT2D eigenvalue weighted by atomic mass is 16.3. The van der Waals surface area contributed by atoms with Gasteiger partial charge in [-0.1, -0.05) is 46.2 Å². The largest absolute Gasteiger partial charge is 0.290 e. The maximum absolute atomic E-state index is 11.1. The van der Waals surface area contributed by atoms with Crippen LogP contribution in [0.5, 0.6) is 5.75 Å². The zero-order valence-electron chi connectivity index (χ0n) is 10.2. The van der Waals surface area contributed by atoms with Crippen molar-refractivity contribution in [1.29, 1.82) is 0 Å². The average molecular weight is 205 g/mol. The second-order valence-electron chi connectivity index (χ2n) is 5.28. The van der Waals surface area contributed by atoms with E-state index < -0.39 is 0 Å². The molecule has 1 rings (SSSR count). The Labute approximate surface area is 93.1 Å². The highest BCUT2D eigenvalue weighted by Gasteiger charge is 2.25. The van der Waals surface area contributed by atoms with E-state index in [0.29, 0.717) is 5.92 Å². The average Bonchev–Trinajstić information content (AvgIpc) is 2.14. The minimum Gasteiger partial charge on any atom is -0.290 e. The van der Waals surface area contributed by atoms with Crippen molar-refractivity contribution < 1.29 is 5.11 Å². The van der Waals surface area contributed by atoms with Crippen molar-refractivity contribution in [2.24, 2.45) is 5.41 Å². The van der Waals surface area contributed by atoms with Crippen molar-refractivity contribution in [2.75, 3.05) is 0 Å². The standard InChI is InChI=1S/C14H21O/c1-5-6-13(14(2,3)4)11-7-9-12(15)10-8-11/h7-10,13H,5-6H2,1-4H3. The molecule has 0 N–H and O–H groups in total. The minimum absolute atomic E-state index is 0.0999. The Morgan fingerprint density at radius 3 is 2.07 bits per heavy atom. The second-order valence-corrected chi connectivity index (χ2v) is 5.28. The molecule has 0 heterocycles. The third-order valence-corrected chi connectivity index (χ3v) is 2.91. The van der Waals surface area contributed by atoms with Gasteiger partial charge in [-0.2, -0.15) is 0 Å². The molecule has 0 saturated heterocycles. The Morgan fingerprint density at radius 2 is 1.67 bits per heavy atom. The first-order valence-corrected chi connectivity index (χ1v) is 5.72. The molecule has 83 valence electrons. The smallest absolute Gasteiger partial charge is 0.178 e. The maximum atomic E-state index is 11.1. The Hall–Kier alpha value is -0.980. The van der Waals surface area contributed by atoms with Crippen LogP contribution >= 0.6 is 0 Å². The van der Waals surface area contributed by atoms with E-state index in [-0.39, 0.29) is 11.2 Å². The van der Waals surface area contributed by atoms with Crippen LogP contribution in [0, 0.1) is 5.41 Å². The minimum atomic E-state index is 0.0999. The molecule has 1 atom stereocenters. The van der Waals surface area contributed by atoms with Crippen LogP contribution in [0.4, 0.5) is 0 Å². The second kappa shape index (κ2) is 4.69. The van der Waals surface area contributed by atoms with Gasteiger partial charge in [0.1, 0.15) is 0 Å². The lowest BCUT2D eigenvalue weighted by atomic mass is 9.74. The summed E-state index contributed by atoms with van der Waals surface area (Å²) in [5, 5.41) is 11.1. The molecule has 0 fully saturated rings. The van der Waals surface area contributed by atoms with Crippen LogP contribution in [0.15, 0.2) is 24.3 Å². The van der Waals surface area contributed by atoms with Gasteiger partial charge in [-0.15, -0.1) is 0 Å². The summed E-state index contributed by atoms with van der Waals surface area (Å²) in [6.45, 7) is 9.00. The van der Waals surface area contributed by atoms with E-state index in [1.54, 1.807) is 12.1 Å². The lowest BCUT2D eigenvalue weighted by Crippen LogP contribution is -2.18. The highest BCUT2D eigenvalue weighted by molar-refractivity contribution is 5.29. The van der Waals surface area contributed by atoms with Gasteiger partial charge in [0.2, 0.25) is 0 Å². The lowest BCUT2D eigenvalue weighted by Gasteiger charge is -2.31. The molecular formula is C14H21O. The number of hydrogen-bond donors (Lipinski definition) is 0. The third-order valence-electron chi connectivity index (χ3n) is 2.91. The predicted molar refractivity (Wildman–Crippen MR) is 63.7 cm³/mol. The van der Waals surface area contributed by atoms with Crippen LogP contribution < -0.4 is 0 Å². The van der Waals surface area contributed by atoms with Crippen LogP contribution in [0.1, 0.15) is 52.0 Å². The van der Waals surface area contributed by atoms with Crippen LogP contribution in [-0.2, 0) is 5.11 Å². The van der Waals surface area contributed by atoms with Crippen molar-refractivity contribution >= 4 is 0 Å². The molecule has 1 heteroatoms. The zero-order chi connectivity index (χ0) is 11.5. The summed E-state index contributed by atoms with van der Waals surface area (Å²) in [6.07, 6.45) is 2.36. The van der Waals surface area contributed by atoms with Crippen molar-refractivity contribution in [2.45, 2.75) is 46.5 Å². The zero-order valence-corrected chi connectivity index (χ0v) is 10.2. The van der Waals surface area contributed by atoms with Gasteiger partial charge < -0.3 is 0 Å². The number of benzene rings is 1. The molecule has 1 aromatic carbocycles. The first-order valence-electron chi connectivity index (χ1n) is 5.72. The van der Waals surface area contributed by atoms with Crippen LogP contribution in [-0.4, -0.2) is 0 Å². The molecule has 15 heavy (non-hydrogen) atoms. The van der Waals surface area contributed by atoms with Gasteiger partial charge in [0.25, 0.3) is 0 Å². The van der Waals surface area contributed by atoms with E-state index in [2.05, 4.69) is 27.7 Å². The molecule has 0 aliphatic heterocycles. The Kier molecular flexibility index (Phi) is 3.78. The topological polar surface area (TPSA) is 19.9 Å². The van der Waals surface area contributed by atoms with Crippen molar-refractivity contribution in [3.63, 3.8) is 0 Å². The van der Waals surface area contributed by atoms with Gasteiger partial charge in [0.05, 0.1) is 0 Å². The summed E-state index contributed by atoms with van der Waals surface area (Å²) < 4.78 is 0. The van der Waals surface area contributed by atoms with Gasteiger partial charge in [-0.05, 0) is 35.4 Å². The fraction of sp³-hybridized carbons (Fsp3) is 0.571. The summed E-state index contributed by atoms with van der Waals surface area (Å²) in [4.78, 5) is 0. The predicted octanol–water partition coefficient (Wildman–Crippen LogP) is 4.76. The molecule has 0 aliphatic rings. The molecule has 0 spiro atoms. The molecule has 1 radical (unpaired) electrons. The quantitative estimate of drug-likeness (QED) is 0.678. The van der Waals surface area contributed by atoms with E-state index in [0.717, 1.165) is 0 Å². The fourth-order valence-electron chi connectivity index (χ4n) is 2.09. The molecule has 1 aromatic rings. The number of rotatable bonds is 3. The van der Waals surface area contributed by atoms with Crippen molar-refractivity contribution in [1.82, 2.24) is 0 Å². The maximum Gasteiger partial charge on any atom is 0.178 e. The molecule has 0 aliphatic carbocycles. The van der Waals surface area contributed by atoms with Gasteiger partial charge in [-0.3, -0.25) is 5.11 Å².